The fraction of sp³-hybridized carbons (Fsp3) is 0.0556. The summed E-state index contributed by atoms with van der Waals surface area (Å²) in [4.78, 5) is 22.9. The maximum Gasteiger partial charge on any atom is 0.164 e. The molecule has 0 amide bonds. The second kappa shape index (κ2) is 14.5. The molecule has 0 saturated carbocycles. The number of benzene rings is 8. The van der Waals surface area contributed by atoms with Gasteiger partial charge in [-0.25, -0.2) is 15.0 Å². The molecule has 3 heterocycles. The average molecular weight is 790 g/mol. The second-order valence-corrected chi connectivity index (χ2v) is 16.8. The zero-order valence-corrected chi connectivity index (χ0v) is 34.0. The van der Waals surface area contributed by atoms with Crippen LogP contribution in [0.25, 0.3) is 45.3 Å². The zero-order chi connectivity index (χ0) is 40.2. The molecule has 2 aliphatic rings. The summed E-state index contributed by atoms with van der Waals surface area (Å²) in [5, 5.41) is 0. The lowest BCUT2D eigenvalue weighted by molar-refractivity contribution is 0.632. The summed E-state index contributed by atoms with van der Waals surface area (Å²) in [7, 11) is 0. The molecule has 8 aromatic carbocycles. The highest BCUT2D eigenvalue weighted by Gasteiger charge is 2.37. The number of hydrogen-bond donors (Lipinski definition) is 0. The van der Waals surface area contributed by atoms with E-state index in [0.29, 0.717) is 17.5 Å². The fourth-order valence-electron chi connectivity index (χ4n) is 8.71. The first-order valence-electron chi connectivity index (χ1n) is 20.3. The van der Waals surface area contributed by atoms with Crippen molar-refractivity contribution in [3.8, 4) is 45.3 Å². The van der Waals surface area contributed by atoms with Crippen LogP contribution in [0, 0.1) is 0 Å². The Hall–Kier alpha value is -7.28. The van der Waals surface area contributed by atoms with Gasteiger partial charge in [0.25, 0.3) is 0 Å². The molecule has 0 saturated heterocycles. The first-order valence-corrected chi connectivity index (χ1v) is 21.1. The molecule has 11 rings (SSSR count). The van der Waals surface area contributed by atoms with Gasteiger partial charge in [-0.2, -0.15) is 0 Å². The largest absolute Gasteiger partial charge is 0.310 e. The van der Waals surface area contributed by atoms with Crippen molar-refractivity contribution in [3.05, 3.63) is 211 Å². The van der Waals surface area contributed by atoms with E-state index < -0.39 is 0 Å². The smallest absolute Gasteiger partial charge is 0.164 e. The third-order valence-corrected chi connectivity index (χ3v) is 12.8. The van der Waals surface area contributed by atoms with Crippen LogP contribution in [0.15, 0.2) is 210 Å². The van der Waals surface area contributed by atoms with Gasteiger partial charge in [0.15, 0.2) is 17.5 Å². The molecule has 2 aliphatic heterocycles. The van der Waals surface area contributed by atoms with E-state index in [4.69, 9.17) is 15.0 Å². The number of anilines is 6. The number of hydrogen-bond acceptors (Lipinski definition) is 6. The standard InChI is InChI=1S/C54H39N5S/c1-54(2)43-21-9-11-23-45(43)58(46-24-12-10-22-44(46)54)41-33-40(34-42(35-41)59-47-25-13-15-27-49(47)60-50-28-16-14-26-48(50)59)53-56-51(38-19-7-4-8-20-38)55-52(57-53)39-31-29-37(30-32-39)36-17-5-3-6-18-36/h3-35H,1-2H3. The zero-order valence-electron chi connectivity index (χ0n) is 33.2. The van der Waals surface area contributed by atoms with E-state index >= 15 is 0 Å². The summed E-state index contributed by atoms with van der Waals surface area (Å²) in [6.45, 7) is 4.65. The molecule has 0 radical (unpaired) electrons. The minimum atomic E-state index is -0.199. The molecule has 0 unspecified atom stereocenters. The van der Waals surface area contributed by atoms with E-state index in [1.165, 1.54) is 26.5 Å². The van der Waals surface area contributed by atoms with Crippen LogP contribution in [-0.2, 0) is 5.41 Å². The molecule has 0 N–H and O–H groups in total. The van der Waals surface area contributed by atoms with Crippen LogP contribution in [-0.4, -0.2) is 15.0 Å². The van der Waals surface area contributed by atoms with Crippen molar-refractivity contribution in [2.45, 2.75) is 29.1 Å². The van der Waals surface area contributed by atoms with E-state index in [1.54, 1.807) is 0 Å². The minimum absolute atomic E-state index is 0.199. The summed E-state index contributed by atoms with van der Waals surface area (Å²) in [6.07, 6.45) is 0. The summed E-state index contributed by atoms with van der Waals surface area (Å²) in [6, 6.07) is 70.9. The monoisotopic (exact) mass is 789 g/mol. The van der Waals surface area contributed by atoms with E-state index in [0.717, 1.165) is 56.4 Å². The summed E-state index contributed by atoms with van der Waals surface area (Å²) >= 11 is 1.81. The lowest BCUT2D eigenvalue weighted by Crippen LogP contribution is -2.30. The van der Waals surface area contributed by atoms with Crippen molar-refractivity contribution in [3.63, 3.8) is 0 Å². The predicted octanol–water partition coefficient (Wildman–Crippen LogP) is 14.6. The Kier molecular flexibility index (Phi) is 8.68. The van der Waals surface area contributed by atoms with Gasteiger partial charge in [0.1, 0.15) is 0 Å². The quantitative estimate of drug-likeness (QED) is 0.167. The molecule has 0 atom stereocenters. The van der Waals surface area contributed by atoms with Crippen molar-refractivity contribution in [1.82, 2.24) is 15.0 Å². The first kappa shape index (κ1) is 35.8. The Bertz CT molecular complexity index is 2960. The van der Waals surface area contributed by atoms with Crippen molar-refractivity contribution in [1.29, 1.82) is 0 Å². The molecule has 0 fully saturated rings. The molecule has 6 heteroatoms. The molecular formula is C54H39N5S. The van der Waals surface area contributed by atoms with Crippen LogP contribution < -0.4 is 9.80 Å². The average Bonchev–Trinajstić information content (AvgIpc) is 3.31. The SMILES string of the molecule is CC1(C)c2ccccc2N(c2cc(-c3nc(-c4ccccc4)nc(-c4ccc(-c5ccccc5)cc4)n3)cc(N3c4ccccc4Sc4ccccc43)c2)c2ccccc21. The van der Waals surface area contributed by atoms with Gasteiger partial charge in [0, 0.05) is 43.3 Å². The van der Waals surface area contributed by atoms with Crippen LogP contribution in [0.5, 0.6) is 0 Å². The van der Waals surface area contributed by atoms with Crippen molar-refractivity contribution < 1.29 is 0 Å². The molecule has 0 spiro atoms. The first-order chi connectivity index (χ1) is 29.5. The van der Waals surface area contributed by atoms with E-state index in [1.807, 2.05) is 36.0 Å². The van der Waals surface area contributed by atoms with Crippen LogP contribution in [0.2, 0.25) is 0 Å². The highest BCUT2D eigenvalue weighted by molar-refractivity contribution is 7.99. The Morgan fingerprint density at radius 1 is 0.350 bits per heavy atom. The Morgan fingerprint density at radius 2 is 0.717 bits per heavy atom. The van der Waals surface area contributed by atoms with Crippen molar-refractivity contribution in [2.75, 3.05) is 9.80 Å². The summed E-state index contributed by atoms with van der Waals surface area (Å²) < 4.78 is 0. The molecule has 60 heavy (non-hydrogen) atoms. The molecule has 0 bridgehead atoms. The van der Waals surface area contributed by atoms with Crippen LogP contribution in [0.3, 0.4) is 0 Å². The maximum absolute atomic E-state index is 5.31. The van der Waals surface area contributed by atoms with Crippen LogP contribution in [0.4, 0.5) is 34.1 Å². The van der Waals surface area contributed by atoms with Crippen molar-refractivity contribution >= 4 is 45.9 Å². The van der Waals surface area contributed by atoms with Crippen LogP contribution in [0.1, 0.15) is 25.0 Å². The number of para-hydroxylation sites is 4. The Labute approximate surface area is 354 Å². The highest BCUT2D eigenvalue weighted by Crippen LogP contribution is 2.55. The van der Waals surface area contributed by atoms with Gasteiger partial charge in [0.05, 0.1) is 22.7 Å². The molecular weight excluding hydrogens is 751 g/mol. The van der Waals surface area contributed by atoms with E-state index in [9.17, 15) is 0 Å². The molecule has 286 valence electrons. The van der Waals surface area contributed by atoms with Gasteiger partial charge in [-0.3, -0.25) is 0 Å². The van der Waals surface area contributed by atoms with Crippen LogP contribution >= 0.6 is 11.8 Å². The topological polar surface area (TPSA) is 45.2 Å². The predicted molar refractivity (Wildman–Crippen MR) is 247 cm³/mol. The molecule has 1 aromatic heterocycles. The van der Waals surface area contributed by atoms with Gasteiger partial charge in [-0.1, -0.05) is 171 Å². The van der Waals surface area contributed by atoms with Gasteiger partial charge in [-0.05, 0) is 76.9 Å². The van der Waals surface area contributed by atoms with E-state index in [2.05, 4.69) is 200 Å². The lowest BCUT2D eigenvalue weighted by atomic mass is 9.73. The number of aromatic nitrogens is 3. The van der Waals surface area contributed by atoms with Crippen molar-refractivity contribution in [2.24, 2.45) is 0 Å². The lowest BCUT2D eigenvalue weighted by Gasteiger charge is -2.42. The maximum atomic E-state index is 5.31. The number of nitrogens with zero attached hydrogens (tertiary/aromatic N) is 5. The Morgan fingerprint density at radius 3 is 1.25 bits per heavy atom. The van der Waals surface area contributed by atoms with E-state index in [-0.39, 0.29) is 5.41 Å². The Balaban J connectivity index is 1.16. The molecule has 9 aromatic rings. The van der Waals surface area contributed by atoms with Gasteiger partial charge >= 0.3 is 0 Å². The van der Waals surface area contributed by atoms with Gasteiger partial charge in [-0.15, -0.1) is 0 Å². The third kappa shape index (κ3) is 6.16. The summed E-state index contributed by atoms with van der Waals surface area (Å²) in [5.74, 6) is 1.84. The molecule has 0 aliphatic carbocycles. The second-order valence-electron chi connectivity index (χ2n) is 15.7. The highest BCUT2D eigenvalue weighted by atomic mass is 32.2. The normalized spacial score (nSPS) is 13.5. The minimum Gasteiger partial charge on any atom is -0.310 e. The number of fused-ring (bicyclic) bond motifs is 4. The third-order valence-electron chi connectivity index (χ3n) is 11.7. The number of rotatable bonds is 6. The van der Waals surface area contributed by atoms with Gasteiger partial charge < -0.3 is 9.80 Å². The molecule has 5 nitrogen and oxygen atoms in total. The fourth-order valence-corrected chi connectivity index (χ4v) is 9.76. The summed E-state index contributed by atoms with van der Waals surface area (Å²) in [5.41, 5.74) is 14.0. The van der Waals surface area contributed by atoms with Gasteiger partial charge in [0.2, 0.25) is 0 Å².